The lowest BCUT2D eigenvalue weighted by atomic mass is 10.3. The molecule has 2 aromatic heterocycles. The van der Waals surface area contributed by atoms with Gasteiger partial charge in [-0.05, 0) is 29.1 Å². The molecule has 4 nitrogen and oxygen atoms in total. The third-order valence-corrected chi connectivity index (χ3v) is 6.96. The molecule has 0 bridgehead atoms. The van der Waals surface area contributed by atoms with Gasteiger partial charge in [0.15, 0.2) is 0 Å². The van der Waals surface area contributed by atoms with Gasteiger partial charge in [-0.15, -0.1) is 22.7 Å². The van der Waals surface area contributed by atoms with Gasteiger partial charge in [-0.1, -0.05) is 23.4 Å². The van der Waals surface area contributed by atoms with Crippen LogP contribution in [-0.2, 0) is 16.6 Å². The van der Waals surface area contributed by atoms with Crippen LogP contribution < -0.4 is 0 Å². The summed E-state index contributed by atoms with van der Waals surface area (Å²) in [5.41, 5.74) is 0.857. The highest BCUT2D eigenvalue weighted by Gasteiger charge is 2.23. The van der Waals surface area contributed by atoms with Crippen molar-refractivity contribution in [3.05, 3.63) is 38.4 Å². The SMILES string of the molecule is CN(Cc1csc(C#CCO)c1)S(=O)(=O)c1ccc(Cl)s1. The van der Waals surface area contributed by atoms with Gasteiger partial charge in [0.25, 0.3) is 10.0 Å². The molecule has 0 unspecified atom stereocenters. The number of hydrogen-bond donors (Lipinski definition) is 1. The van der Waals surface area contributed by atoms with Crippen LogP contribution in [-0.4, -0.2) is 31.5 Å². The van der Waals surface area contributed by atoms with Crippen molar-refractivity contribution in [2.75, 3.05) is 13.7 Å². The molecular formula is C13H12ClNO3S3. The highest BCUT2D eigenvalue weighted by molar-refractivity contribution is 7.91. The topological polar surface area (TPSA) is 57.6 Å². The van der Waals surface area contributed by atoms with E-state index in [1.54, 1.807) is 6.07 Å². The Hall–Kier alpha value is -0.880. The van der Waals surface area contributed by atoms with Gasteiger partial charge in [0.05, 0.1) is 9.21 Å². The molecule has 2 rings (SSSR count). The Morgan fingerprint density at radius 2 is 2.19 bits per heavy atom. The maximum absolute atomic E-state index is 12.3. The third-order valence-electron chi connectivity index (χ3n) is 2.56. The second-order valence-electron chi connectivity index (χ2n) is 4.10. The summed E-state index contributed by atoms with van der Waals surface area (Å²) in [4.78, 5) is 0.795. The lowest BCUT2D eigenvalue weighted by Gasteiger charge is -2.14. The van der Waals surface area contributed by atoms with E-state index in [4.69, 9.17) is 16.7 Å². The zero-order chi connectivity index (χ0) is 15.5. The van der Waals surface area contributed by atoms with E-state index in [1.807, 2.05) is 11.4 Å². The second-order valence-corrected chi connectivity index (χ2v) is 9.00. The summed E-state index contributed by atoms with van der Waals surface area (Å²) >= 11 is 8.24. The molecule has 0 amide bonds. The lowest BCUT2D eigenvalue weighted by molar-refractivity contribution is 0.350. The van der Waals surface area contributed by atoms with Gasteiger partial charge in [-0.3, -0.25) is 0 Å². The van der Waals surface area contributed by atoms with E-state index in [1.165, 1.54) is 28.8 Å². The fourth-order valence-electron chi connectivity index (χ4n) is 1.58. The fraction of sp³-hybridized carbons (Fsp3) is 0.231. The molecule has 21 heavy (non-hydrogen) atoms. The molecule has 0 aliphatic heterocycles. The van der Waals surface area contributed by atoms with Crippen LogP contribution in [0.25, 0.3) is 0 Å². The number of aliphatic hydroxyl groups excluding tert-OH is 1. The van der Waals surface area contributed by atoms with Crippen molar-refractivity contribution in [3.8, 4) is 11.8 Å². The molecule has 0 atom stereocenters. The van der Waals surface area contributed by atoms with Gasteiger partial charge in [0, 0.05) is 13.6 Å². The van der Waals surface area contributed by atoms with Crippen molar-refractivity contribution in [2.24, 2.45) is 0 Å². The van der Waals surface area contributed by atoms with E-state index in [9.17, 15) is 8.42 Å². The minimum atomic E-state index is -3.53. The van der Waals surface area contributed by atoms with Crippen molar-refractivity contribution < 1.29 is 13.5 Å². The first-order valence-electron chi connectivity index (χ1n) is 5.82. The Labute approximate surface area is 136 Å². The van der Waals surface area contributed by atoms with Gasteiger partial charge in [-0.2, -0.15) is 4.31 Å². The zero-order valence-electron chi connectivity index (χ0n) is 11.0. The highest BCUT2D eigenvalue weighted by Crippen LogP contribution is 2.28. The van der Waals surface area contributed by atoms with Gasteiger partial charge in [0.2, 0.25) is 0 Å². The number of aliphatic hydroxyl groups is 1. The van der Waals surface area contributed by atoms with E-state index in [2.05, 4.69) is 11.8 Å². The Morgan fingerprint density at radius 1 is 1.43 bits per heavy atom. The van der Waals surface area contributed by atoms with Crippen LogP contribution >= 0.6 is 34.3 Å². The largest absolute Gasteiger partial charge is 0.384 e. The van der Waals surface area contributed by atoms with E-state index >= 15 is 0 Å². The maximum atomic E-state index is 12.3. The molecule has 8 heteroatoms. The normalized spacial score (nSPS) is 11.4. The van der Waals surface area contributed by atoms with Gasteiger partial charge in [0.1, 0.15) is 10.8 Å². The number of halogens is 1. The first kappa shape index (κ1) is 16.5. The van der Waals surface area contributed by atoms with E-state index in [0.29, 0.717) is 4.34 Å². The molecular weight excluding hydrogens is 350 g/mol. The summed E-state index contributed by atoms with van der Waals surface area (Å²) in [6.07, 6.45) is 0. The van der Waals surface area contributed by atoms with Crippen LogP contribution in [0.4, 0.5) is 0 Å². The zero-order valence-corrected chi connectivity index (χ0v) is 14.2. The smallest absolute Gasteiger partial charge is 0.252 e. The summed E-state index contributed by atoms with van der Waals surface area (Å²) in [5, 5.41) is 10.5. The first-order valence-corrected chi connectivity index (χ1v) is 9.33. The number of sulfonamides is 1. The molecule has 0 saturated carbocycles. The molecule has 1 N–H and O–H groups in total. The lowest BCUT2D eigenvalue weighted by Crippen LogP contribution is -2.25. The monoisotopic (exact) mass is 361 g/mol. The average Bonchev–Trinajstić information content (AvgIpc) is 3.05. The van der Waals surface area contributed by atoms with Crippen LogP contribution in [0, 0.1) is 11.8 Å². The summed E-state index contributed by atoms with van der Waals surface area (Å²) in [7, 11) is -2.00. The van der Waals surface area contributed by atoms with E-state index in [-0.39, 0.29) is 17.4 Å². The molecule has 0 aromatic carbocycles. The van der Waals surface area contributed by atoms with Crippen LogP contribution in [0.15, 0.2) is 27.8 Å². The standard InChI is InChI=1S/C13H12ClNO3S3/c1-15(21(17,18)13-5-4-12(14)20-13)8-10-7-11(19-9-10)3-2-6-16/h4-5,7,9,16H,6,8H2,1H3. The average molecular weight is 362 g/mol. The Bertz CT molecular complexity index is 783. The minimum absolute atomic E-state index is 0.194. The number of hydrogen-bond acceptors (Lipinski definition) is 5. The molecule has 0 fully saturated rings. The van der Waals surface area contributed by atoms with Crippen LogP contribution in [0.3, 0.4) is 0 Å². The van der Waals surface area contributed by atoms with Crippen molar-refractivity contribution in [1.82, 2.24) is 4.31 Å². The summed E-state index contributed by atoms with van der Waals surface area (Å²) in [5.74, 6) is 5.36. The number of nitrogens with zero attached hydrogens (tertiary/aromatic N) is 1. The molecule has 0 spiro atoms. The van der Waals surface area contributed by atoms with Crippen LogP contribution in [0.5, 0.6) is 0 Å². The van der Waals surface area contributed by atoms with Crippen molar-refractivity contribution in [1.29, 1.82) is 0 Å². The molecule has 0 radical (unpaired) electrons. The molecule has 0 saturated heterocycles. The van der Waals surface area contributed by atoms with Crippen molar-refractivity contribution in [2.45, 2.75) is 10.8 Å². The predicted octanol–water partition coefficient (Wildman–Crippen LogP) is 2.63. The summed E-state index contributed by atoms with van der Waals surface area (Å²) in [6.45, 7) is 0.0653. The molecule has 0 aliphatic rings. The van der Waals surface area contributed by atoms with Crippen molar-refractivity contribution in [3.63, 3.8) is 0 Å². The quantitative estimate of drug-likeness (QED) is 0.852. The van der Waals surface area contributed by atoms with Gasteiger partial charge in [-0.25, -0.2) is 8.42 Å². The van der Waals surface area contributed by atoms with Crippen molar-refractivity contribution >= 4 is 44.3 Å². The second kappa shape index (κ2) is 6.92. The molecule has 2 aromatic rings. The van der Waals surface area contributed by atoms with Crippen LogP contribution in [0.1, 0.15) is 10.4 Å². The summed E-state index contributed by atoms with van der Waals surface area (Å²) in [6, 6.07) is 4.89. The molecule has 0 aliphatic carbocycles. The van der Waals surface area contributed by atoms with E-state index < -0.39 is 10.0 Å². The molecule has 2 heterocycles. The van der Waals surface area contributed by atoms with Gasteiger partial charge >= 0.3 is 0 Å². The van der Waals surface area contributed by atoms with E-state index in [0.717, 1.165) is 21.8 Å². The minimum Gasteiger partial charge on any atom is -0.384 e. The number of thiophene rings is 2. The number of rotatable bonds is 4. The highest BCUT2D eigenvalue weighted by atomic mass is 35.5. The summed E-state index contributed by atoms with van der Waals surface area (Å²) < 4.78 is 26.6. The first-order chi connectivity index (χ1) is 9.93. The Balaban J connectivity index is 2.14. The maximum Gasteiger partial charge on any atom is 0.252 e. The Kier molecular flexibility index (Phi) is 5.43. The predicted molar refractivity (Wildman–Crippen MR) is 86.3 cm³/mol. The third kappa shape index (κ3) is 4.07. The fourth-order valence-corrected chi connectivity index (χ4v) is 5.21. The van der Waals surface area contributed by atoms with Crippen LogP contribution in [0.2, 0.25) is 4.34 Å². The van der Waals surface area contributed by atoms with Gasteiger partial charge < -0.3 is 5.11 Å². The Morgan fingerprint density at radius 3 is 2.81 bits per heavy atom. The molecule has 112 valence electrons.